The zero-order valence-electron chi connectivity index (χ0n) is 6.14. The van der Waals surface area contributed by atoms with Crippen LogP contribution in [0.5, 0.6) is 0 Å². The molecule has 0 spiro atoms. The van der Waals surface area contributed by atoms with E-state index < -0.39 is 0 Å². The van der Waals surface area contributed by atoms with Gasteiger partial charge in [-0.25, -0.2) is 0 Å². The van der Waals surface area contributed by atoms with E-state index in [0.717, 1.165) is 6.42 Å². The van der Waals surface area contributed by atoms with Gasteiger partial charge < -0.3 is 4.90 Å². The van der Waals surface area contributed by atoms with Gasteiger partial charge in [-0.2, -0.15) is 0 Å². The zero-order chi connectivity index (χ0) is 6.69. The van der Waals surface area contributed by atoms with Gasteiger partial charge in [0.25, 0.3) is 0 Å². The summed E-state index contributed by atoms with van der Waals surface area (Å²) in [4.78, 5) is 2.36. The van der Waals surface area contributed by atoms with Gasteiger partial charge in [0.1, 0.15) is 0 Å². The number of hydrogen-bond acceptors (Lipinski definition) is 1. The number of nitrogens with zero attached hydrogens (tertiary/aromatic N) is 1. The summed E-state index contributed by atoms with van der Waals surface area (Å²) in [6, 6.07) is 0.666. The second kappa shape index (κ2) is 3.21. The van der Waals surface area contributed by atoms with Gasteiger partial charge in [0, 0.05) is 6.04 Å². The fourth-order valence-corrected chi connectivity index (χ4v) is 1.44. The van der Waals surface area contributed by atoms with Crippen LogP contribution in [0.1, 0.15) is 25.7 Å². The summed E-state index contributed by atoms with van der Waals surface area (Å²) in [5.74, 6) is 0. The molecular formula is C8H15N. The SMILES string of the molecule is [CH]CC1CCCCN1C. The average Bonchev–Trinajstić information content (AvgIpc) is 1.89. The van der Waals surface area contributed by atoms with E-state index in [0.29, 0.717) is 6.04 Å². The topological polar surface area (TPSA) is 3.24 Å². The highest BCUT2D eigenvalue weighted by Gasteiger charge is 2.15. The van der Waals surface area contributed by atoms with Crippen molar-refractivity contribution >= 4 is 0 Å². The maximum atomic E-state index is 5.55. The Labute approximate surface area is 58.0 Å². The summed E-state index contributed by atoms with van der Waals surface area (Å²) in [6.07, 6.45) is 4.85. The zero-order valence-corrected chi connectivity index (χ0v) is 6.14. The first-order valence-corrected chi connectivity index (χ1v) is 3.75. The minimum absolute atomic E-state index is 0.666. The number of piperidine rings is 1. The minimum atomic E-state index is 0.666. The van der Waals surface area contributed by atoms with E-state index in [1.807, 2.05) is 0 Å². The Morgan fingerprint density at radius 2 is 2.33 bits per heavy atom. The number of hydrogen-bond donors (Lipinski definition) is 0. The van der Waals surface area contributed by atoms with Gasteiger partial charge >= 0.3 is 0 Å². The molecule has 1 saturated heterocycles. The molecule has 1 unspecified atom stereocenters. The Morgan fingerprint density at radius 1 is 1.56 bits per heavy atom. The molecule has 1 atom stereocenters. The van der Waals surface area contributed by atoms with Crippen molar-refractivity contribution in [3.63, 3.8) is 0 Å². The molecule has 0 amide bonds. The van der Waals surface area contributed by atoms with Gasteiger partial charge in [0.2, 0.25) is 0 Å². The summed E-state index contributed by atoms with van der Waals surface area (Å²) in [6.45, 7) is 6.79. The molecule has 0 bridgehead atoms. The van der Waals surface area contributed by atoms with Gasteiger partial charge in [0.15, 0.2) is 0 Å². The third-order valence-corrected chi connectivity index (χ3v) is 2.19. The van der Waals surface area contributed by atoms with Crippen molar-refractivity contribution in [3.8, 4) is 0 Å². The summed E-state index contributed by atoms with van der Waals surface area (Å²) in [5.41, 5.74) is 0. The molecule has 0 aromatic heterocycles. The fourth-order valence-electron chi connectivity index (χ4n) is 1.44. The number of likely N-dealkylation sites (tertiary alicyclic amines) is 1. The minimum Gasteiger partial charge on any atom is -0.303 e. The molecule has 0 saturated carbocycles. The molecule has 1 aliphatic heterocycles. The molecular weight excluding hydrogens is 110 g/mol. The van der Waals surface area contributed by atoms with Crippen molar-refractivity contribution in [2.75, 3.05) is 13.6 Å². The normalized spacial score (nSPS) is 30.7. The molecule has 52 valence electrons. The molecule has 9 heavy (non-hydrogen) atoms. The Hall–Kier alpha value is -0.0400. The number of rotatable bonds is 1. The van der Waals surface area contributed by atoms with Crippen LogP contribution in [0.2, 0.25) is 0 Å². The van der Waals surface area contributed by atoms with Crippen molar-refractivity contribution in [3.05, 3.63) is 6.92 Å². The van der Waals surface area contributed by atoms with E-state index in [4.69, 9.17) is 6.92 Å². The van der Waals surface area contributed by atoms with Crippen LogP contribution >= 0.6 is 0 Å². The van der Waals surface area contributed by atoms with Crippen LogP contribution in [0.3, 0.4) is 0 Å². The molecule has 0 aromatic rings. The Morgan fingerprint density at radius 3 is 2.78 bits per heavy atom. The Kier molecular flexibility index (Phi) is 2.52. The second-order valence-corrected chi connectivity index (χ2v) is 2.87. The fraction of sp³-hybridized carbons (Fsp3) is 0.875. The molecule has 0 aliphatic carbocycles. The van der Waals surface area contributed by atoms with E-state index in [1.165, 1.54) is 25.8 Å². The lowest BCUT2D eigenvalue weighted by Gasteiger charge is -2.31. The van der Waals surface area contributed by atoms with Gasteiger partial charge in [-0.15, -0.1) is 0 Å². The van der Waals surface area contributed by atoms with E-state index in [9.17, 15) is 0 Å². The van der Waals surface area contributed by atoms with Crippen LogP contribution in [0, 0.1) is 6.92 Å². The average molecular weight is 125 g/mol. The molecule has 1 rings (SSSR count). The van der Waals surface area contributed by atoms with Gasteiger partial charge in [0.05, 0.1) is 0 Å². The van der Waals surface area contributed by atoms with Crippen molar-refractivity contribution < 1.29 is 0 Å². The lowest BCUT2D eigenvalue weighted by Crippen LogP contribution is -2.35. The molecule has 1 nitrogen and oxygen atoms in total. The molecule has 0 N–H and O–H groups in total. The lowest BCUT2D eigenvalue weighted by molar-refractivity contribution is 0.186. The van der Waals surface area contributed by atoms with Crippen molar-refractivity contribution in [1.82, 2.24) is 4.90 Å². The maximum absolute atomic E-state index is 5.55. The van der Waals surface area contributed by atoms with Gasteiger partial charge in [-0.05, 0) is 39.8 Å². The third-order valence-electron chi connectivity index (χ3n) is 2.19. The van der Waals surface area contributed by atoms with Crippen molar-refractivity contribution in [1.29, 1.82) is 0 Å². The molecule has 2 radical (unpaired) electrons. The predicted molar refractivity (Wildman–Crippen MR) is 39.2 cm³/mol. The first-order valence-electron chi connectivity index (χ1n) is 3.75. The highest BCUT2D eigenvalue weighted by molar-refractivity contribution is 4.74. The van der Waals surface area contributed by atoms with E-state index >= 15 is 0 Å². The first-order chi connectivity index (χ1) is 4.34. The molecule has 1 heteroatoms. The lowest BCUT2D eigenvalue weighted by atomic mass is 10.0. The Bertz CT molecular complexity index is 80.6. The third kappa shape index (κ3) is 1.68. The summed E-state index contributed by atoms with van der Waals surface area (Å²) in [5, 5.41) is 0. The van der Waals surface area contributed by atoms with Crippen molar-refractivity contribution in [2.24, 2.45) is 0 Å². The van der Waals surface area contributed by atoms with Crippen LogP contribution in [-0.2, 0) is 0 Å². The van der Waals surface area contributed by atoms with Gasteiger partial charge in [-0.3, -0.25) is 0 Å². The monoisotopic (exact) mass is 125 g/mol. The summed E-state index contributed by atoms with van der Waals surface area (Å²) < 4.78 is 0. The quantitative estimate of drug-likeness (QED) is 0.514. The second-order valence-electron chi connectivity index (χ2n) is 2.87. The van der Waals surface area contributed by atoms with E-state index in [1.54, 1.807) is 0 Å². The smallest absolute Gasteiger partial charge is 0.00950 e. The van der Waals surface area contributed by atoms with E-state index in [-0.39, 0.29) is 0 Å². The van der Waals surface area contributed by atoms with Crippen LogP contribution in [0.4, 0.5) is 0 Å². The maximum Gasteiger partial charge on any atom is 0.00950 e. The molecule has 0 aromatic carbocycles. The predicted octanol–water partition coefficient (Wildman–Crippen LogP) is 1.57. The van der Waals surface area contributed by atoms with Gasteiger partial charge in [-0.1, -0.05) is 6.42 Å². The largest absolute Gasteiger partial charge is 0.303 e. The van der Waals surface area contributed by atoms with Crippen LogP contribution in [0.15, 0.2) is 0 Å². The van der Waals surface area contributed by atoms with Crippen LogP contribution in [0.25, 0.3) is 0 Å². The summed E-state index contributed by atoms with van der Waals surface area (Å²) in [7, 11) is 2.16. The first kappa shape index (κ1) is 7.07. The molecule has 1 fully saturated rings. The van der Waals surface area contributed by atoms with E-state index in [2.05, 4.69) is 11.9 Å². The van der Waals surface area contributed by atoms with Crippen LogP contribution < -0.4 is 0 Å². The van der Waals surface area contributed by atoms with Crippen molar-refractivity contribution in [2.45, 2.75) is 31.7 Å². The standard InChI is InChI=1S/C8H15N/c1-3-8-6-4-5-7-9(8)2/h1,8H,3-7H2,2H3. The summed E-state index contributed by atoms with van der Waals surface area (Å²) >= 11 is 0. The highest BCUT2D eigenvalue weighted by Crippen LogP contribution is 2.16. The molecule has 1 aliphatic rings. The highest BCUT2D eigenvalue weighted by atomic mass is 15.1. The Balaban J connectivity index is 2.30. The molecule has 1 heterocycles. The van der Waals surface area contributed by atoms with Crippen LogP contribution in [-0.4, -0.2) is 24.5 Å².